The fraction of sp³-hybridized carbons (Fsp3) is 0.438. The van der Waals surface area contributed by atoms with Gasteiger partial charge in [-0.15, -0.1) is 0 Å². The Morgan fingerprint density at radius 1 is 1.35 bits per heavy atom. The number of hydrogen-bond donors (Lipinski definition) is 1. The molecule has 0 atom stereocenters. The summed E-state index contributed by atoms with van der Waals surface area (Å²) in [7, 11) is 0. The molecule has 0 aliphatic rings. The van der Waals surface area contributed by atoms with E-state index in [1.165, 1.54) is 0 Å². The zero-order valence-corrected chi connectivity index (χ0v) is 12.4. The summed E-state index contributed by atoms with van der Waals surface area (Å²) >= 11 is 0. The first-order chi connectivity index (χ1) is 9.70. The smallest absolute Gasteiger partial charge is 0.141 e. The summed E-state index contributed by atoms with van der Waals surface area (Å²) in [4.78, 5) is 4.21. The average Bonchev–Trinajstić information content (AvgIpc) is 2.79. The van der Waals surface area contributed by atoms with Crippen molar-refractivity contribution in [3.8, 4) is 5.75 Å². The molecule has 0 fully saturated rings. The zero-order chi connectivity index (χ0) is 14.4. The first-order valence-corrected chi connectivity index (χ1v) is 7.04. The molecule has 0 spiro atoms. The minimum atomic E-state index is 0.510. The van der Waals surface area contributed by atoms with Crippen LogP contribution in [0.4, 0.5) is 0 Å². The molecule has 20 heavy (non-hydrogen) atoms. The van der Waals surface area contributed by atoms with E-state index in [0.717, 1.165) is 48.0 Å². The number of furan rings is 1. The first kappa shape index (κ1) is 14.6. The highest BCUT2D eigenvalue weighted by Crippen LogP contribution is 2.19. The number of aryl methyl sites for hydroxylation is 2. The van der Waals surface area contributed by atoms with Gasteiger partial charge in [-0.25, -0.2) is 0 Å². The Bertz CT molecular complexity index is 549. The summed E-state index contributed by atoms with van der Waals surface area (Å²) in [5.41, 5.74) is 1.99. The van der Waals surface area contributed by atoms with E-state index in [2.05, 4.69) is 23.3 Å². The molecule has 0 aliphatic carbocycles. The van der Waals surface area contributed by atoms with Crippen molar-refractivity contribution >= 4 is 0 Å². The van der Waals surface area contributed by atoms with Crippen LogP contribution in [0, 0.1) is 13.8 Å². The fourth-order valence-electron chi connectivity index (χ4n) is 1.98. The van der Waals surface area contributed by atoms with E-state index in [4.69, 9.17) is 9.15 Å². The van der Waals surface area contributed by atoms with Crippen molar-refractivity contribution in [1.82, 2.24) is 10.3 Å². The Balaban J connectivity index is 1.94. The van der Waals surface area contributed by atoms with E-state index < -0.39 is 0 Å². The summed E-state index contributed by atoms with van der Waals surface area (Å²) in [6.07, 6.45) is 2.89. The van der Waals surface area contributed by atoms with Crippen molar-refractivity contribution in [2.24, 2.45) is 0 Å². The molecular formula is C16H22N2O2. The number of hydrogen-bond acceptors (Lipinski definition) is 4. The molecular weight excluding hydrogens is 252 g/mol. The lowest BCUT2D eigenvalue weighted by Crippen LogP contribution is -2.13. The lowest BCUT2D eigenvalue weighted by Gasteiger charge is -2.06. The van der Waals surface area contributed by atoms with Crippen molar-refractivity contribution in [2.45, 2.75) is 40.3 Å². The van der Waals surface area contributed by atoms with Gasteiger partial charge in [0.2, 0.25) is 0 Å². The Morgan fingerprint density at radius 3 is 2.95 bits per heavy atom. The molecule has 108 valence electrons. The van der Waals surface area contributed by atoms with Crippen LogP contribution in [0.1, 0.15) is 36.1 Å². The average molecular weight is 274 g/mol. The quantitative estimate of drug-likeness (QED) is 0.786. The molecule has 2 aromatic heterocycles. The molecule has 2 rings (SSSR count). The molecule has 0 bridgehead atoms. The third-order valence-corrected chi connectivity index (χ3v) is 3.14. The Hall–Kier alpha value is -1.81. The van der Waals surface area contributed by atoms with Crippen LogP contribution in [0.25, 0.3) is 0 Å². The van der Waals surface area contributed by atoms with Gasteiger partial charge in [0.1, 0.15) is 23.9 Å². The van der Waals surface area contributed by atoms with Gasteiger partial charge in [-0.05, 0) is 45.0 Å². The molecule has 0 aliphatic heterocycles. The Kier molecular flexibility index (Phi) is 5.18. The second-order valence-corrected chi connectivity index (χ2v) is 4.85. The predicted molar refractivity (Wildman–Crippen MR) is 78.7 cm³/mol. The third kappa shape index (κ3) is 3.84. The minimum Gasteiger partial charge on any atom is -0.487 e. The molecule has 1 N–H and O–H groups in total. The van der Waals surface area contributed by atoms with Gasteiger partial charge in [-0.3, -0.25) is 4.98 Å². The van der Waals surface area contributed by atoms with Crippen LogP contribution in [0.15, 0.2) is 28.8 Å². The minimum absolute atomic E-state index is 0.510. The van der Waals surface area contributed by atoms with Gasteiger partial charge in [0.25, 0.3) is 0 Å². The van der Waals surface area contributed by atoms with E-state index in [0.29, 0.717) is 6.61 Å². The summed E-state index contributed by atoms with van der Waals surface area (Å²) in [5.74, 6) is 2.69. The van der Waals surface area contributed by atoms with Crippen LogP contribution in [0.3, 0.4) is 0 Å². The second-order valence-electron chi connectivity index (χ2n) is 4.85. The maximum absolute atomic E-state index is 5.80. The highest BCUT2D eigenvalue weighted by atomic mass is 16.5. The van der Waals surface area contributed by atoms with E-state index in [9.17, 15) is 0 Å². The van der Waals surface area contributed by atoms with Crippen LogP contribution in [-0.2, 0) is 13.2 Å². The topological polar surface area (TPSA) is 47.3 Å². The number of nitrogens with one attached hydrogen (secondary N) is 1. The van der Waals surface area contributed by atoms with Gasteiger partial charge in [-0.1, -0.05) is 6.92 Å². The van der Waals surface area contributed by atoms with Gasteiger partial charge in [0.05, 0.1) is 12.2 Å². The van der Waals surface area contributed by atoms with Crippen molar-refractivity contribution < 1.29 is 9.15 Å². The first-order valence-electron chi connectivity index (χ1n) is 7.04. The molecule has 2 heterocycles. The monoisotopic (exact) mass is 274 g/mol. The summed E-state index contributed by atoms with van der Waals surface area (Å²) in [5, 5.41) is 3.33. The Morgan fingerprint density at radius 2 is 2.20 bits per heavy atom. The van der Waals surface area contributed by atoms with Crippen molar-refractivity contribution in [1.29, 1.82) is 0 Å². The number of rotatable bonds is 7. The third-order valence-electron chi connectivity index (χ3n) is 3.14. The largest absolute Gasteiger partial charge is 0.487 e. The molecule has 4 nitrogen and oxygen atoms in total. The van der Waals surface area contributed by atoms with Crippen LogP contribution in [0.2, 0.25) is 0 Å². The molecule has 0 aromatic carbocycles. The van der Waals surface area contributed by atoms with E-state index >= 15 is 0 Å². The molecule has 0 radical (unpaired) electrons. The van der Waals surface area contributed by atoms with Gasteiger partial charge < -0.3 is 14.5 Å². The lowest BCUT2D eigenvalue weighted by atomic mass is 10.2. The van der Waals surface area contributed by atoms with Gasteiger partial charge in [0, 0.05) is 11.8 Å². The second kappa shape index (κ2) is 7.10. The van der Waals surface area contributed by atoms with Gasteiger partial charge in [0.15, 0.2) is 0 Å². The number of pyridine rings is 1. The molecule has 0 unspecified atom stereocenters. The van der Waals surface area contributed by atoms with E-state index in [-0.39, 0.29) is 0 Å². The van der Waals surface area contributed by atoms with Gasteiger partial charge >= 0.3 is 0 Å². The summed E-state index contributed by atoms with van der Waals surface area (Å²) in [6, 6.07) is 5.87. The van der Waals surface area contributed by atoms with Crippen LogP contribution in [-0.4, -0.2) is 11.5 Å². The van der Waals surface area contributed by atoms with E-state index in [1.54, 1.807) is 6.20 Å². The highest BCUT2D eigenvalue weighted by molar-refractivity contribution is 5.27. The number of ether oxygens (including phenoxy) is 1. The maximum atomic E-state index is 5.80. The molecule has 0 saturated heterocycles. The zero-order valence-electron chi connectivity index (χ0n) is 12.4. The molecule has 0 amide bonds. The molecule has 0 saturated carbocycles. The molecule has 2 aromatic rings. The van der Waals surface area contributed by atoms with Crippen molar-refractivity contribution in [3.63, 3.8) is 0 Å². The molecule has 4 heteroatoms. The summed E-state index contributed by atoms with van der Waals surface area (Å²) < 4.78 is 11.5. The van der Waals surface area contributed by atoms with Crippen molar-refractivity contribution in [2.75, 3.05) is 6.54 Å². The normalized spacial score (nSPS) is 10.8. The van der Waals surface area contributed by atoms with Crippen LogP contribution in [0.5, 0.6) is 5.75 Å². The van der Waals surface area contributed by atoms with Crippen LogP contribution >= 0.6 is 0 Å². The highest BCUT2D eigenvalue weighted by Gasteiger charge is 2.08. The maximum Gasteiger partial charge on any atom is 0.141 e. The fourth-order valence-corrected chi connectivity index (χ4v) is 1.98. The van der Waals surface area contributed by atoms with Gasteiger partial charge in [-0.2, -0.15) is 0 Å². The SMILES string of the molecule is CCCNCc1cc(COc2cccnc2C)c(C)o1. The Labute approximate surface area is 120 Å². The lowest BCUT2D eigenvalue weighted by molar-refractivity contribution is 0.299. The van der Waals surface area contributed by atoms with E-state index in [1.807, 2.05) is 26.0 Å². The van der Waals surface area contributed by atoms with Crippen LogP contribution < -0.4 is 10.1 Å². The predicted octanol–water partition coefficient (Wildman–Crippen LogP) is 3.37. The number of nitrogens with zero attached hydrogens (tertiary/aromatic N) is 1. The number of aromatic nitrogens is 1. The van der Waals surface area contributed by atoms with Crippen molar-refractivity contribution in [3.05, 3.63) is 47.2 Å². The standard InChI is InChI=1S/C16H22N2O2/c1-4-7-17-10-15-9-14(13(3)20-15)11-19-16-6-5-8-18-12(16)2/h5-6,8-9,17H,4,7,10-11H2,1-3H3. The summed E-state index contributed by atoms with van der Waals surface area (Å²) in [6.45, 7) is 8.34.